The molecule has 1 N–H and O–H groups in total. The lowest BCUT2D eigenvalue weighted by atomic mass is 10.0. The molecule has 1 fully saturated rings. The van der Waals surface area contributed by atoms with Crippen LogP contribution in [-0.2, 0) is 6.54 Å². The van der Waals surface area contributed by atoms with E-state index in [0.717, 1.165) is 29.9 Å². The van der Waals surface area contributed by atoms with E-state index in [4.69, 9.17) is 4.74 Å². The molecule has 2 rings (SSSR count). The number of nitrogens with zero attached hydrogens (tertiary/aromatic N) is 1. The number of halogens is 1. The van der Waals surface area contributed by atoms with Gasteiger partial charge in [0.25, 0.3) is 0 Å². The minimum Gasteiger partial charge on any atom is -0.497 e. The largest absolute Gasteiger partial charge is 0.497 e. The number of piperidine rings is 1. The molecule has 100 valence electrons. The van der Waals surface area contributed by atoms with Crippen LogP contribution in [0.3, 0.4) is 0 Å². The molecule has 0 unspecified atom stereocenters. The van der Waals surface area contributed by atoms with Gasteiger partial charge >= 0.3 is 0 Å². The summed E-state index contributed by atoms with van der Waals surface area (Å²) < 4.78 is 6.44. The summed E-state index contributed by atoms with van der Waals surface area (Å²) in [4.78, 5) is 2.44. The van der Waals surface area contributed by atoms with Crippen LogP contribution in [0.2, 0.25) is 0 Å². The van der Waals surface area contributed by atoms with Gasteiger partial charge in [-0.15, -0.1) is 0 Å². The third-order valence-electron chi connectivity index (χ3n) is 3.60. The van der Waals surface area contributed by atoms with Gasteiger partial charge in [-0.3, -0.25) is 4.90 Å². The van der Waals surface area contributed by atoms with Crippen LogP contribution in [-0.4, -0.2) is 38.2 Å². The van der Waals surface area contributed by atoms with E-state index in [9.17, 15) is 0 Å². The summed E-state index contributed by atoms with van der Waals surface area (Å²) in [6.07, 6.45) is 2.47. The van der Waals surface area contributed by atoms with Crippen molar-refractivity contribution in [2.75, 3.05) is 27.2 Å². The third kappa shape index (κ3) is 3.46. The fraction of sp³-hybridized carbons (Fsp3) is 0.571. The lowest BCUT2D eigenvalue weighted by Crippen LogP contribution is -2.40. The number of benzene rings is 1. The number of nitrogens with one attached hydrogen (secondary N) is 1. The summed E-state index contributed by atoms with van der Waals surface area (Å²) in [5.41, 5.74) is 1.29. The smallest absolute Gasteiger partial charge is 0.119 e. The molecule has 0 aliphatic carbocycles. The molecule has 0 bridgehead atoms. The zero-order valence-corrected chi connectivity index (χ0v) is 12.7. The molecule has 1 saturated heterocycles. The van der Waals surface area contributed by atoms with E-state index in [1.165, 1.54) is 18.4 Å². The van der Waals surface area contributed by atoms with Gasteiger partial charge in [0.1, 0.15) is 5.75 Å². The van der Waals surface area contributed by atoms with Crippen LogP contribution in [0.5, 0.6) is 5.75 Å². The molecule has 4 heteroatoms. The third-order valence-corrected chi connectivity index (χ3v) is 4.38. The van der Waals surface area contributed by atoms with Crippen molar-refractivity contribution in [1.29, 1.82) is 0 Å². The molecule has 3 nitrogen and oxygen atoms in total. The minimum atomic E-state index is 0.685. The van der Waals surface area contributed by atoms with Gasteiger partial charge in [-0.1, -0.05) is 15.9 Å². The lowest BCUT2D eigenvalue weighted by molar-refractivity contribution is 0.191. The number of ether oxygens (including phenoxy) is 1. The average Bonchev–Trinajstić information content (AvgIpc) is 2.42. The first kappa shape index (κ1) is 13.8. The molecular formula is C14H21BrN2O. The Balaban J connectivity index is 2.03. The van der Waals surface area contributed by atoms with Crippen LogP contribution in [0.1, 0.15) is 18.4 Å². The highest BCUT2D eigenvalue weighted by Gasteiger charge is 2.18. The zero-order chi connectivity index (χ0) is 13.0. The van der Waals surface area contributed by atoms with E-state index >= 15 is 0 Å². The van der Waals surface area contributed by atoms with Crippen molar-refractivity contribution >= 4 is 15.9 Å². The second-order valence-corrected chi connectivity index (χ2v) is 5.71. The molecule has 1 aromatic carbocycles. The molecule has 1 heterocycles. The Hall–Kier alpha value is -0.580. The van der Waals surface area contributed by atoms with Crippen LogP contribution in [0.25, 0.3) is 0 Å². The van der Waals surface area contributed by atoms with Crippen molar-refractivity contribution in [3.8, 4) is 5.75 Å². The van der Waals surface area contributed by atoms with Crippen molar-refractivity contribution in [2.45, 2.75) is 25.4 Å². The van der Waals surface area contributed by atoms with Crippen molar-refractivity contribution < 1.29 is 4.74 Å². The number of methoxy groups -OCH3 is 1. The first-order chi connectivity index (χ1) is 8.70. The summed E-state index contributed by atoms with van der Waals surface area (Å²) in [5.74, 6) is 0.923. The highest BCUT2D eigenvalue weighted by molar-refractivity contribution is 9.10. The van der Waals surface area contributed by atoms with Crippen molar-refractivity contribution in [2.24, 2.45) is 0 Å². The van der Waals surface area contributed by atoms with Crippen LogP contribution < -0.4 is 10.1 Å². The maximum atomic E-state index is 5.29. The van der Waals surface area contributed by atoms with Gasteiger partial charge in [0, 0.05) is 17.1 Å². The monoisotopic (exact) mass is 312 g/mol. The maximum Gasteiger partial charge on any atom is 0.119 e. The lowest BCUT2D eigenvalue weighted by Gasteiger charge is -2.31. The second-order valence-electron chi connectivity index (χ2n) is 4.85. The fourth-order valence-electron chi connectivity index (χ4n) is 2.44. The molecule has 1 aromatic rings. The van der Waals surface area contributed by atoms with E-state index < -0.39 is 0 Å². The summed E-state index contributed by atoms with van der Waals surface area (Å²) in [5, 5.41) is 3.41. The predicted octanol–water partition coefficient (Wildman–Crippen LogP) is 2.64. The van der Waals surface area contributed by atoms with Crippen molar-refractivity contribution in [3.05, 3.63) is 28.2 Å². The van der Waals surface area contributed by atoms with Gasteiger partial charge < -0.3 is 10.1 Å². The number of hydrogen-bond acceptors (Lipinski definition) is 3. The van der Waals surface area contributed by atoms with Gasteiger partial charge in [-0.25, -0.2) is 0 Å². The average molecular weight is 313 g/mol. The molecule has 1 aliphatic rings. The van der Waals surface area contributed by atoms with Crippen molar-refractivity contribution in [3.63, 3.8) is 0 Å². The Morgan fingerprint density at radius 2 is 2.11 bits per heavy atom. The van der Waals surface area contributed by atoms with E-state index in [1.54, 1.807) is 7.11 Å². The number of rotatable bonds is 4. The quantitative estimate of drug-likeness (QED) is 0.925. The Bertz CT molecular complexity index is 391. The van der Waals surface area contributed by atoms with Crippen LogP contribution in [0.15, 0.2) is 22.7 Å². The predicted molar refractivity (Wildman–Crippen MR) is 78.1 cm³/mol. The molecule has 0 saturated carbocycles. The first-order valence-corrected chi connectivity index (χ1v) is 7.23. The highest BCUT2D eigenvalue weighted by atomic mass is 79.9. The van der Waals surface area contributed by atoms with E-state index in [1.807, 2.05) is 6.07 Å². The normalized spacial score (nSPS) is 17.1. The second kappa shape index (κ2) is 6.55. The maximum absolute atomic E-state index is 5.29. The molecule has 0 radical (unpaired) electrons. The van der Waals surface area contributed by atoms with Crippen LogP contribution in [0.4, 0.5) is 0 Å². The van der Waals surface area contributed by atoms with Gasteiger partial charge in [0.15, 0.2) is 0 Å². The van der Waals surface area contributed by atoms with Crippen LogP contribution in [0, 0.1) is 0 Å². The summed E-state index contributed by atoms with van der Waals surface area (Å²) in [7, 11) is 3.92. The molecule has 18 heavy (non-hydrogen) atoms. The van der Waals surface area contributed by atoms with Gasteiger partial charge in [-0.05, 0) is 56.7 Å². The molecular weight excluding hydrogens is 292 g/mol. The van der Waals surface area contributed by atoms with E-state index in [2.05, 4.69) is 45.3 Å². The van der Waals surface area contributed by atoms with Gasteiger partial charge in [-0.2, -0.15) is 0 Å². The first-order valence-electron chi connectivity index (χ1n) is 6.44. The highest BCUT2D eigenvalue weighted by Crippen LogP contribution is 2.24. The Morgan fingerprint density at radius 3 is 2.78 bits per heavy atom. The Morgan fingerprint density at radius 1 is 1.39 bits per heavy atom. The summed E-state index contributed by atoms with van der Waals surface area (Å²) in [6, 6.07) is 6.84. The molecule has 0 aromatic heterocycles. The standard InChI is InChI=1S/C14H21BrN2O/c1-17(12-5-7-16-8-6-12)10-11-9-13(18-2)3-4-14(11)15/h3-4,9,12,16H,5-8,10H2,1-2H3. The fourth-order valence-corrected chi connectivity index (χ4v) is 2.82. The SMILES string of the molecule is COc1ccc(Br)c(CN(C)C2CCNCC2)c1. The minimum absolute atomic E-state index is 0.685. The summed E-state index contributed by atoms with van der Waals surface area (Å²) >= 11 is 3.62. The number of hydrogen-bond donors (Lipinski definition) is 1. The van der Waals surface area contributed by atoms with E-state index in [0.29, 0.717) is 6.04 Å². The van der Waals surface area contributed by atoms with Gasteiger partial charge in [0.05, 0.1) is 7.11 Å². The zero-order valence-electron chi connectivity index (χ0n) is 11.1. The molecule has 1 aliphatic heterocycles. The van der Waals surface area contributed by atoms with Crippen LogP contribution >= 0.6 is 15.9 Å². The summed E-state index contributed by atoms with van der Waals surface area (Å²) in [6.45, 7) is 3.23. The Kier molecular flexibility index (Phi) is 5.03. The van der Waals surface area contributed by atoms with E-state index in [-0.39, 0.29) is 0 Å². The topological polar surface area (TPSA) is 24.5 Å². The van der Waals surface area contributed by atoms with Crippen molar-refractivity contribution in [1.82, 2.24) is 10.2 Å². The molecule has 0 spiro atoms. The van der Waals surface area contributed by atoms with Gasteiger partial charge in [0.2, 0.25) is 0 Å². The molecule has 0 atom stereocenters. The molecule has 0 amide bonds. The Labute approximate surface area is 118 Å².